The van der Waals surface area contributed by atoms with Gasteiger partial charge >= 0.3 is 0 Å². The highest BCUT2D eigenvalue weighted by molar-refractivity contribution is 7.93. The van der Waals surface area contributed by atoms with Crippen molar-refractivity contribution in [1.29, 1.82) is 0 Å². The first-order chi connectivity index (χ1) is 9.86. The molecule has 0 unspecified atom stereocenters. The summed E-state index contributed by atoms with van der Waals surface area (Å²) in [5, 5.41) is 9.29. The third kappa shape index (κ3) is 3.20. The van der Waals surface area contributed by atoms with Crippen molar-refractivity contribution in [2.75, 3.05) is 11.4 Å². The molecule has 0 aliphatic rings. The summed E-state index contributed by atoms with van der Waals surface area (Å²) in [6.07, 6.45) is 0. The maximum atomic E-state index is 12.7. The molecule has 0 saturated heterocycles. The summed E-state index contributed by atoms with van der Waals surface area (Å²) >= 11 is 6.01. The van der Waals surface area contributed by atoms with E-state index < -0.39 is 10.0 Å². The van der Waals surface area contributed by atoms with Crippen molar-refractivity contribution in [2.24, 2.45) is 0 Å². The fourth-order valence-corrected chi connectivity index (χ4v) is 3.66. The van der Waals surface area contributed by atoms with E-state index in [0.29, 0.717) is 11.3 Å². The predicted octanol–water partition coefficient (Wildman–Crippen LogP) is 2.97. The molecule has 0 amide bonds. The highest BCUT2D eigenvalue weighted by Crippen LogP contribution is 2.28. The number of hydrogen-bond donors (Lipinski definition) is 1. The Bertz CT molecular complexity index is 759. The molecule has 0 atom stereocenters. The van der Waals surface area contributed by atoms with E-state index in [1.165, 1.54) is 23.5 Å². The second-order valence-electron chi connectivity index (χ2n) is 4.73. The average Bonchev–Trinajstić information content (AvgIpc) is 2.46. The molecule has 6 heteroatoms. The van der Waals surface area contributed by atoms with Crippen molar-refractivity contribution < 1.29 is 13.5 Å². The van der Waals surface area contributed by atoms with Gasteiger partial charge in [-0.1, -0.05) is 29.8 Å². The lowest BCUT2D eigenvalue weighted by molar-refractivity contribution is 0.281. The Labute approximate surface area is 129 Å². The van der Waals surface area contributed by atoms with Crippen LogP contribution in [0.5, 0.6) is 0 Å². The van der Waals surface area contributed by atoms with Gasteiger partial charge in [0.2, 0.25) is 0 Å². The van der Waals surface area contributed by atoms with Crippen LogP contribution in [-0.2, 0) is 16.6 Å². The summed E-state index contributed by atoms with van der Waals surface area (Å²) in [5.74, 6) is 0. The average molecular weight is 326 g/mol. The van der Waals surface area contributed by atoms with Gasteiger partial charge in [0.1, 0.15) is 4.90 Å². The van der Waals surface area contributed by atoms with Gasteiger partial charge in [-0.2, -0.15) is 0 Å². The Morgan fingerprint density at radius 1 is 1.19 bits per heavy atom. The molecule has 2 rings (SSSR count). The maximum absolute atomic E-state index is 12.7. The van der Waals surface area contributed by atoms with Gasteiger partial charge in [-0.3, -0.25) is 4.31 Å². The highest BCUT2D eigenvalue weighted by atomic mass is 35.5. The molecule has 4 nitrogen and oxygen atoms in total. The van der Waals surface area contributed by atoms with Gasteiger partial charge in [0.05, 0.1) is 17.3 Å². The first-order valence-electron chi connectivity index (χ1n) is 6.31. The van der Waals surface area contributed by atoms with Crippen LogP contribution < -0.4 is 4.31 Å². The zero-order chi connectivity index (χ0) is 15.6. The third-order valence-electron chi connectivity index (χ3n) is 3.18. The Hall–Kier alpha value is -1.56. The maximum Gasteiger partial charge on any atom is 0.265 e. The van der Waals surface area contributed by atoms with Gasteiger partial charge in [-0.05, 0) is 42.3 Å². The number of hydrogen-bond acceptors (Lipinski definition) is 3. The van der Waals surface area contributed by atoms with Crippen LogP contribution in [0.2, 0.25) is 5.02 Å². The van der Waals surface area contributed by atoms with Crippen LogP contribution in [0.15, 0.2) is 47.4 Å². The summed E-state index contributed by atoms with van der Waals surface area (Å²) in [5.41, 5.74) is 2.01. The lowest BCUT2D eigenvalue weighted by Gasteiger charge is -2.21. The molecule has 0 saturated carbocycles. The quantitative estimate of drug-likeness (QED) is 0.940. The first-order valence-corrected chi connectivity index (χ1v) is 8.13. The molecule has 0 aliphatic carbocycles. The summed E-state index contributed by atoms with van der Waals surface area (Å²) in [7, 11) is -2.30. The summed E-state index contributed by atoms with van der Waals surface area (Å²) in [6.45, 7) is 1.65. The van der Waals surface area contributed by atoms with E-state index in [0.717, 1.165) is 5.56 Å². The Morgan fingerprint density at radius 3 is 2.52 bits per heavy atom. The molecule has 0 aromatic heterocycles. The fourth-order valence-electron chi connectivity index (χ4n) is 1.95. The summed E-state index contributed by atoms with van der Waals surface area (Å²) < 4.78 is 26.6. The van der Waals surface area contributed by atoms with Gasteiger partial charge in [0.25, 0.3) is 10.0 Å². The third-order valence-corrected chi connectivity index (χ3v) is 5.45. The Kier molecular flexibility index (Phi) is 4.56. The van der Waals surface area contributed by atoms with Crippen LogP contribution >= 0.6 is 11.6 Å². The first kappa shape index (κ1) is 15.8. The van der Waals surface area contributed by atoms with Crippen LogP contribution in [0.3, 0.4) is 0 Å². The largest absolute Gasteiger partial charge is 0.392 e. The van der Waals surface area contributed by atoms with Crippen molar-refractivity contribution in [3.05, 3.63) is 58.6 Å². The molecule has 21 heavy (non-hydrogen) atoms. The molecule has 0 heterocycles. The molecule has 0 bridgehead atoms. The van der Waals surface area contributed by atoms with E-state index in [-0.39, 0.29) is 16.5 Å². The second kappa shape index (κ2) is 6.05. The van der Waals surface area contributed by atoms with Crippen molar-refractivity contribution in [1.82, 2.24) is 0 Å². The van der Waals surface area contributed by atoms with Gasteiger partial charge in [0, 0.05) is 7.05 Å². The lowest BCUT2D eigenvalue weighted by atomic mass is 10.2. The Balaban J connectivity index is 2.51. The van der Waals surface area contributed by atoms with E-state index in [1.807, 2.05) is 13.0 Å². The van der Waals surface area contributed by atoms with E-state index in [2.05, 4.69) is 0 Å². The minimum absolute atomic E-state index is 0.0141. The van der Waals surface area contributed by atoms with Crippen LogP contribution in [0, 0.1) is 6.92 Å². The number of aryl methyl sites for hydroxylation is 1. The van der Waals surface area contributed by atoms with Crippen molar-refractivity contribution in [2.45, 2.75) is 18.4 Å². The molecule has 2 aromatic rings. The number of aliphatic hydroxyl groups excluding tert-OH is 1. The SMILES string of the molecule is Cc1cccc(N(C)S(=O)(=O)c2cc(CO)ccc2Cl)c1. The highest BCUT2D eigenvalue weighted by Gasteiger charge is 2.24. The fraction of sp³-hybridized carbons (Fsp3) is 0.200. The topological polar surface area (TPSA) is 57.6 Å². The predicted molar refractivity (Wildman–Crippen MR) is 84.1 cm³/mol. The van der Waals surface area contributed by atoms with Crippen LogP contribution in [0.25, 0.3) is 0 Å². The van der Waals surface area contributed by atoms with Gasteiger partial charge in [-0.25, -0.2) is 8.42 Å². The smallest absolute Gasteiger partial charge is 0.265 e. The molecule has 0 radical (unpaired) electrons. The molecule has 112 valence electrons. The van der Waals surface area contributed by atoms with Gasteiger partial charge in [0.15, 0.2) is 0 Å². The van der Waals surface area contributed by atoms with Crippen LogP contribution in [0.4, 0.5) is 5.69 Å². The monoisotopic (exact) mass is 325 g/mol. The zero-order valence-corrected chi connectivity index (χ0v) is 13.3. The van der Waals surface area contributed by atoms with Crippen molar-refractivity contribution >= 4 is 27.3 Å². The van der Waals surface area contributed by atoms with Crippen LogP contribution in [0.1, 0.15) is 11.1 Å². The number of halogens is 1. The standard InChI is InChI=1S/C15H16ClNO3S/c1-11-4-3-5-13(8-11)17(2)21(19,20)15-9-12(10-18)6-7-14(15)16/h3-9,18H,10H2,1-2H3. The lowest BCUT2D eigenvalue weighted by Crippen LogP contribution is -2.27. The molecule has 1 N–H and O–H groups in total. The molecule has 2 aromatic carbocycles. The number of sulfonamides is 1. The molecule has 0 spiro atoms. The van der Waals surface area contributed by atoms with E-state index in [1.54, 1.807) is 24.3 Å². The number of nitrogens with zero attached hydrogens (tertiary/aromatic N) is 1. The Morgan fingerprint density at radius 2 is 1.90 bits per heavy atom. The summed E-state index contributed by atoms with van der Waals surface area (Å²) in [4.78, 5) is -0.0141. The van der Waals surface area contributed by atoms with Crippen molar-refractivity contribution in [3.8, 4) is 0 Å². The van der Waals surface area contributed by atoms with Crippen molar-refractivity contribution in [3.63, 3.8) is 0 Å². The number of anilines is 1. The van der Waals surface area contributed by atoms with E-state index >= 15 is 0 Å². The van der Waals surface area contributed by atoms with Gasteiger partial charge < -0.3 is 5.11 Å². The molecular formula is C15H16ClNO3S. The van der Waals surface area contributed by atoms with E-state index in [4.69, 9.17) is 16.7 Å². The zero-order valence-electron chi connectivity index (χ0n) is 11.7. The summed E-state index contributed by atoms with van der Waals surface area (Å²) in [6, 6.07) is 11.6. The number of aliphatic hydroxyl groups is 1. The normalized spacial score (nSPS) is 11.4. The molecule has 0 aliphatic heterocycles. The van der Waals surface area contributed by atoms with Gasteiger partial charge in [-0.15, -0.1) is 0 Å². The minimum Gasteiger partial charge on any atom is -0.392 e. The minimum atomic E-state index is -3.78. The number of benzene rings is 2. The van der Waals surface area contributed by atoms with E-state index in [9.17, 15) is 8.42 Å². The molecule has 0 fully saturated rings. The number of rotatable bonds is 4. The molecular weight excluding hydrogens is 310 g/mol. The van der Waals surface area contributed by atoms with Crippen LogP contribution in [-0.4, -0.2) is 20.6 Å². The second-order valence-corrected chi connectivity index (χ2v) is 7.08.